The van der Waals surface area contributed by atoms with Crippen molar-refractivity contribution in [2.24, 2.45) is 0 Å². The number of hydrazine groups is 1. The maximum absolute atomic E-state index is 13.3. The lowest BCUT2D eigenvalue weighted by Gasteiger charge is -2.15. The first-order valence-corrected chi connectivity index (χ1v) is 11.4. The average molecular weight is 490 g/mol. The van der Waals surface area contributed by atoms with Crippen LogP contribution in [-0.2, 0) is 4.79 Å². The van der Waals surface area contributed by atoms with Crippen LogP contribution < -0.4 is 16.4 Å². The van der Waals surface area contributed by atoms with Gasteiger partial charge in [0.25, 0.3) is 17.2 Å². The number of non-ortho nitro benzene ring substituents is 1. The molecule has 0 radical (unpaired) electrons. The Morgan fingerprint density at radius 2 is 1.77 bits per heavy atom. The highest BCUT2D eigenvalue weighted by Crippen LogP contribution is 2.23. The fraction of sp³-hybridized carbons (Fsp3) is 0.0833. The van der Waals surface area contributed by atoms with Crippen molar-refractivity contribution in [3.63, 3.8) is 0 Å². The van der Waals surface area contributed by atoms with E-state index in [-0.39, 0.29) is 22.6 Å². The molecule has 35 heavy (non-hydrogen) atoms. The number of aryl methyl sites for hydroxylation is 1. The lowest BCUT2D eigenvalue weighted by molar-refractivity contribution is -0.384. The van der Waals surface area contributed by atoms with Gasteiger partial charge in [0.2, 0.25) is 5.91 Å². The number of aromatic nitrogens is 2. The Bertz CT molecular complexity index is 1520. The van der Waals surface area contributed by atoms with Gasteiger partial charge in [-0.25, -0.2) is 4.98 Å². The van der Waals surface area contributed by atoms with Crippen LogP contribution in [-0.4, -0.2) is 32.0 Å². The van der Waals surface area contributed by atoms with E-state index in [0.717, 1.165) is 23.4 Å². The van der Waals surface area contributed by atoms with E-state index in [1.54, 1.807) is 30.3 Å². The third-order valence-corrected chi connectivity index (χ3v) is 6.01. The molecule has 2 amide bonds. The summed E-state index contributed by atoms with van der Waals surface area (Å²) in [6, 6.07) is 19.5. The number of para-hydroxylation sites is 2. The minimum atomic E-state index is -0.701. The first kappa shape index (κ1) is 23.6. The Morgan fingerprint density at radius 1 is 1.03 bits per heavy atom. The predicted octanol–water partition coefficient (Wildman–Crippen LogP) is 3.16. The number of benzene rings is 3. The molecule has 4 aromatic rings. The summed E-state index contributed by atoms with van der Waals surface area (Å²) in [6.45, 7) is 1.88. The van der Waals surface area contributed by atoms with Crippen LogP contribution in [0.4, 0.5) is 5.69 Å². The molecule has 10 nitrogen and oxygen atoms in total. The topological polar surface area (TPSA) is 136 Å². The number of nitro groups is 1. The Labute approximate surface area is 203 Å². The lowest BCUT2D eigenvalue weighted by atomic mass is 10.2. The zero-order chi connectivity index (χ0) is 24.9. The molecule has 0 saturated carbocycles. The zero-order valence-electron chi connectivity index (χ0n) is 18.4. The van der Waals surface area contributed by atoms with E-state index in [0.29, 0.717) is 21.7 Å². The van der Waals surface area contributed by atoms with Crippen LogP contribution in [0.15, 0.2) is 82.7 Å². The van der Waals surface area contributed by atoms with Gasteiger partial charge in [-0.3, -0.25) is 39.9 Å². The molecule has 3 aromatic carbocycles. The highest BCUT2D eigenvalue weighted by atomic mass is 32.2. The van der Waals surface area contributed by atoms with Gasteiger partial charge in [-0.15, -0.1) is 0 Å². The standard InChI is InChI=1S/C24H19N5O5S/c1-15-7-2-5-12-20(15)28-23(32)18-10-3-4-11-19(18)25-24(28)35-14-21(30)26-27-22(31)16-8-6-9-17(13-16)29(33)34/h2-13H,14H2,1H3,(H,26,30)(H,27,31). The summed E-state index contributed by atoms with van der Waals surface area (Å²) in [5, 5.41) is 11.7. The first-order valence-electron chi connectivity index (χ1n) is 10.4. The molecule has 2 N–H and O–H groups in total. The van der Waals surface area contributed by atoms with Gasteiger partial charge in [0, 0.05) is 17.7 Å². The van der Waals surface area contributed by atoms with Crippen molar-refractivity contribution in [2.45, 2.75) is 12.1 Å². The fourth-order valence-electron chi connectivity index (χ4n) is 3.36. The van der Waals surface area contributed by atoms with Crippen molar-refractivity contribution < 1.29 is 14.5 Å². The highest BCUT2D eigenvalue weighted by Gasteiger charge is 2.17. The molecule has 0 atom stereocenters. The third-order valence-electron chi connectivity index (χ3n) is 5.07. The molecule has 0 fully saturated rings. The van der Waals surface area contributed by atoms with E-state index in [2.05, 4.69) is 15.8 Å². The minimum Gasteiger partial charge on any atom is -0.272 e. The molecule has 0 saturated heterocycles. The fourth-order valence-corrected chi connectivity index (χ4v) is 4.17. The maximum Gasteiger partial charge on any atom is 0.270 e. The van der Waals surface area contributed by atoms with E-state index >= 15 is 0 Å². The van der Waals surface area contributed by atoms with Crippen LogP contribution in [0.2, 0.25) is 0 Å². The van der Waals surface area contributed by atoms with Crippen LogP contribution in [0, 0.1) is 17.0 Å². The molecule has 0 aliphatic carbocycles. The Morgan fingerprint density at radius 3 is 2.54 bits per heavy atom. The summed E-state index contributed by atoms with van der Waals surface area (Å²) in [7, 11) is 0. The number of rotatable bonds is 6. The number of carbonyl (C=O) groups is 2. The molecular weight excluding hydrogens is 470 g/mol. The molecule has 0 spiro atoms. The number of carbonyl (C=O) groups excluding carboxylic acids is 2. The lowest BCUT2D eigenvalue weighted by Crippen LogP contribution is -2.42. The van der Waals surface area contributed by atoms with Crippen molar-refractivity contribution in [3.8, 4) is 5.69 Å². The molecule has 1 heterocycles. The SMILES string of the molecule is Cc1ccccc1-n1c(SCC(=O)NNC(=O)c2cccc([N+](=O)[O-])c2)nc2ccccc2c1=O. The second kappa shape index (κ2) is 10.2. The molecule has 0 aliphatic heterocycles. The summed E-state index contributed by atoms with van der Waals surface area (Å²) in [4.78, 5) is 52.8. The van der Waals surface area contributed by atoms with Crippen molar-refractivity contribution in [2.75, 3.05) is 5.75 Å². The molecule has 0 unspecified atom stereocenters. The molecular formula is C24H19N5O5S. The van der Waals surface area contributed by atoms with Gasteiger partial charge < -0.3 is 0 Å². The van der Waals surface area contributed by atoms with Crippen LogP contribution in [0.5, 0.6) is 0 Å². The van der Waals surface area contributed by atoms with Crippen LogP contribution >= 0.6 is 11.8 Å². The Hall–Kier alpha value is -4.51. The molecule has 11 heteroatoms. The van der Waals surface area contributed by atoms with Gasteiger partial charge >= 0.3 is 0 Å². The van der Waals surface area contributed by atoms with Gasteiger partial charge in [0.05, 0.1) is 27.3 Å². The van der Waals surface area contributed by atoms with Crippen molar-refractivity contribution in [3.05, 3.63) is 104 Å². The van der Waals surface area contributed by atoms with E-state index in [1.165, 1.54) is 22.8 Å². The number of hydrogen-bond acceptors (Lipinski definition) is 7. The first-order chi connectivity index (χ1) is 16.8. The number of amides is 2. The monoisotopic (exact) mass is 489 g/mol. The van der Waals surface area contributed by atoms with Gasteiger partial charge in [-0.1, -0.05) is 48.2 Å². The molecule has 176 valence electrons. The Balaban J connectivity index is 1.52. The molecule has 1 aromatic heterocycles. The Kier molecular flexibility index (Phi) is 6.88. The second-order valence-corrected chi connectivity index (χ2v) is 8.38. The maximum atomic E-state index is 13.3. The molecule has 0 bridgehead atoms. The van der Waals surface area contributed by atoms with Crippen molar-refractivity contribution >= 4 is 40.2 Å². The van der Waals surface area contributed by atoms with Gasteiger partial charge in [-0.2, -0.15) is 0 Å². The summed E-state index contributed by atoms with van der Waals surface area (Å²) in [6.07, 6.45) is 0. The van der Waals surface area contributed by atoms with Crippen LogP contribution in [0.3, 0.4) is 0 Å². The summed E-state index contributed by atoms with van der Waals surface area (Å²) in [5.41, 5.74) is 6.06. The quantitative estimate of drug-likeness (QED) is 0.184. The normalized spacial score (nSPS) is 10.7. The third kappa shape index (κ3) is 5.20. The number of nitrogens with zero attached hydrogens (tertiary/aromatic N) is 3. The number of nitro benzene ring substituents is 1. The number of hydrogen-bond donors (Lipinski definition) is 2. The van der Waals surface area contributed by atoms with Gasteiger partial charge in [0.15, 0.2) is 5.16 Å². The van der Waals surface area contributed by atoms with Gasteiger partial charge in [-0.05, 0) is 36.8 Å². The van der Waals surface area contributed by atoms with Crippen molar-refractivity contribution in [1.82, 2.24) is 20.4 Å². The number of fused-ring (bicyclic) bond motifs is 1. The molecule has 0 aliphatic rings. The number of thioether (sulfide) groups is 1. The van der Waals surface area contributed by atoms with Gasteiger partial charge in [0.1, 0.15) is 0 Å². The smallest absolute Gasteiger partial charge is 0.270 e. The van der Waals surface area contributed by atoms with Crippen LogP contribution in [0.1, 0.15) is 15.9 Å². The largest absolute Gasteiger partial charge is 0.272 e. The average Bonchev–Trinajstić information content (AvgIpc) is 2.87. The predicted molar refractivity (Wildman–Crippen MR) is 132 cm³/mol. The zero-order valence-corrected chi connectivity index (χ0v) is 19.2. The summed E-state index contributed by atoms with van der Waals surface area (Å²) in [5.74, 6) is -1.40. The summed E-state index contributed by atoms with van der Waals surface area (Å²) >= 11 is 1.04. The summed E-state index contributed by atoms with van der Waals surface area (Å²) < 4.78 is 1.47. The number of nitrogens with one attached hydrogen (secondary N) is 2. The van der Waals surface area contributed by atoms with E-state index in [9.17, 15) is 24.5 Å². The van der Waals surface area contributed by atoms with Crippen molar-refractivity contribution in [1.29, 1.82) is 0 Å². The second-order valence-electron chi connectivity index (χ2n) is 7.44. The van der Waals surface area contributed by atoms with Crippen LogP contribution in [0.25, 0.3) is 16.6 Å². The van der Waals surface area contributed by atoms with E-state index in [1.807, 2.05) is 25.1 Å². The van der Waals surface area contributed by atoms with E-state index < -0.39 is 16.7 Å². The highest BCUT2D eigenvalue weighted by molar-refractivity contribution is 7.99. The van der Waals surface area contributed by atoms with E-state index in [4.69, 9.17) is 0 Å². The molecule has 4 rings (SSSR count). The minimum absolute atomic E-state index is 0.0248.